The van der Waals surface area contributed by atoms with Crippen molar-refractivity contribution in [3.05, 3.63) is 29.0 Å². The number of esters is 1. The first-order valence-corrected chi connectivity index (χ1v) is 4.22. The van der Waals surface area contributed by atoms with E-state index in [0.717, 1.165) is 0 Å². The molecule has 1 rings (SSSR count). The Morgan fingerprint density at radius 2 is 2.38 bits per heavy atom. The molecule has 0 radical (unpaired) electrons. The van der Waals surface area contributed by atoms with Gasteiger partial charge in [-0.05, 0) is 19.1 Å². The number of carbonyl (C=O) groups is 1. The van der Waals surface area contributed by atoms with Crippen molar-refractivity contribution in [2.24, 2.45) is 0 Å². The van der Waals surface area contributed by atoms with E-state index in [1.165, 1.54) is 7.11 Å². The molecule has 0 saturated carbocycles. The predicted molar refractivity (Wildman–Crippen MR) is 49.7 cm³/mol. The quantitative estimate of drug-likeness (QED) is 0.684. The molecule has 0 spiro atoms. The van der Waals surface area contributed by atoms with Gasteiger partial charge in [-0.1, -0.05) is 11.6 Å². The van der Waals surface area contributed by atoms with Crippen LogP contribution in [0.4, 0.5) is 0 Å². The third kappa shape index (κ3) is 2.42. The number of ether oxygens (including phenoxy) is 1. The summed E-state index contributed by atoms with van der Waals surface area (Å²) in [6.45, 7) is 1.73. The van der Waals surface area contributed by atoms with Gasteiger partial charge in [0.2, 0.25) is 0 Å². The molecule has 0 aliphatic rings. The number of rotatable bonds is 2. The van der Waals surface area contributed by atoms with E-state index in [1.807, 2.05) is 0 Å². The summed E-state index contributed by atoms with van der Waals surface area (Å²) in [6.07, 6.45) is 1.57. The fourth-order valence-corrected chi connectivity index (χ4v) is 1.12. The topological polar surface area (TPSA) is 39.2 Å². The maximum atomic E-state index is 11.1. The van der Waals surface area contributed by atoms with Crippen LogP contribution in [0.5, 0.6) is 0 Å². The van der Waals surface area contributed by atoms with Gasteiger partial charge in [0.15, 0.2) is 0 Å². The average Bonchev–Trinajstić information content (AvgIpc) is 2.15. The Kier molecular flexibility index (Phi) is 3.25. The van der Waals surface area contributed by atoms with Crippen LogP contribution in [-0.4, -0.2) is 18.1 Å². The first kappa shape index (κ1) is 9.99. The molecule has 0 amide bonds. The molecule has 0 N–H and O–H groups in total. The van der Waals surface area contributed by atoms with Crippen molar-refractivity contribution >= 4 is 17.6 Å². The highest BCUT2D eigenvalue weighted by atomic mass is 35.5. The van der Waals surface area contributed by atoms with Crippen molar-refractivity contribution < 1.29 is 9.53 Å². The van der Waals surface area contributed by atoms with Gasteiger partial charge in [0, 0.05) is 11.2 Å². The zero-order valence-corrected chi connectivity index (χ0v) is 8.21. The first-order valence-electron chi connectivity index (χ1n) is 3.84. The second-order valence-electron chi connectivity index (χ2n) is 2.64. The van der Waals surface area contributed by atoms with Gasteiger partial charge in [-0.2, -0.15) is 0 Å². The van der Waals surface area contributed by atoms with E-state index >= 15 is 0 Å². The van der Waals surface area contributed by atoms with Crippen LogP contribution in [0.25, 0.3) is 0 Å². The minimum absolute atomic E-state index is 0.310. The molecule has 1 aromatic heterocycles. The van der Waals surface area contributed by atoms with Crippen molar-refractivity contribution in [1.29, 1.82) is 0 Å². The van der Waals surface area contributed by atoms with Crippen LogP contribution in [0.1, 0.15) is 18.5 Å². The third-order valence-electron chi connectivity index (χ3n) is 1.74. The van der Waals surface area contributed by atoms with Gasteiger partial charge in [-0.15, -0.1) is 0 Å². The number of carbonyl (C=O) groups excluding carboxylic acids is 1. The van der Waals surface area contributed by atoms with Crippen LogP contribution in [0.2, 0.25) is 5.02 Å². The highest BCUT2D eigenvalue weighted by molar-refractivity contribution is 6.30. The van der Waals surface area contributed by atoms with Crippen molar-refractivity contribution in [1.82, 2.24) is 4.98 Å². The molecule has 13 heavy (non-hydrogen) atoms. The van der Waals surface area contributed by atoms with E-state index in [4.69, 9.17) is 11.6 Å². The van der Waals surface area contributed by atoms with Gasteiger partial charge in [0.25, 0.3) is 0 Å². The molecule has 0 aliphatic carbocycles. The Balaban J connectivity index is 2.88. The molecule has 3 nitrogen and oxygen atoms in total. The van der Waals surface area contributed by atoms with E-state index in [1.54, 1.807) is 25.3 Å². The summed E-state index contributed by atoms with van der Waals surface area (Å²) in [5.74, 6) is -0.682. The number of nitrogens with zero attached hydrogens (tertiary/aromatic N) is 1. The molecule has 4 heteroatoms. The lowest BCUT2D eigenvalue weighted by Gasteiger charge is -2.07. The van der Waals surface area contributed by atoms with Crippen molar-refractivity contribution in [3.8, 4) is 0 Å². The second-order valence-corrected chi connectivity index (χ2v) is 3.08. The first-order chi connectivity index (χ1) is 6.15. The predicted octanol–water partition coefficient (Wildman–Crippen LogP) is 2.01. The fourth-order valence-electron chi connectivity index (χ4n) is 0.956. The standard InChI is InChI=1S/C9H10ClNO2/c1-6(9(12)13-2)8-5-7(10)3-4-11-8/h3-6H,1-2H3. The Labute approximate surface area is 81.7 Å². The molecule has 0 bridgehead atoms. The van der Waals surface area contributed by atoms with Gasteiger partial charge in [-0.3, -0.25) is 9.78 Å². The van der Waals surface area contributed by atoms with E-state index in [2.05, 4.69) is 9.72 Å². The smallest absolute Gasteiger partial charge is 0.314 e. The van der Waals surface area contributed by atoms with Crippen LogP contribution in [0.3, 0.4) is 0 Å². The van der Waals surface area contributed by atoms with Crippen molar-refractivity contribution in [2.45, 2.75) is 12.8 Å². The normalized spacial score (nSPS) is 12.2. The van der Waals surface area contributed by atoms with Crippen molar-refractivity contribution in [3.63, 3.8) is 0 Å². The SMILES string of the molecule is COC(=O)C(C)c1cc(Cl)ccn1. The Morgan fingerprint density at radius 3 is 2.92 bits per heavy atom. The molecule has 0 fully saturated rings. The number of hydrogen-bond donors (Lipinski definition) is 0. The van der Waals surface area contributed by atoms with E-state index in [-0.39, 0.29) is 11.9 Å². The van der Waals surface area contributed by atoms with Gasteiger partial charge < -0.3 is 4.74 Å². The summed E-state index contributed by atoms with van der Waals surface area (Å²) in [7, 11) is 1.35. The number of methoxy groups -OCH3 is 1. The number of pyridine rings is 1. The lowest BCUT2D eigenvalue weighted by molar-refractivity contribution is -0.142. The molecule has 1 unspecified atom stereocenters. The highest BCUT2D eigenvalue weighted by Crippen LogP contribution is 2.17. The molecular formula is C9H10ClNO2. The zero-order valence-electron chi connectivity index (χ0n) is 7.45. The molecule has 70 valence electrons. The third-order valence-corrected chi connectivity index (χ3v) is 1.98. The maximum absolute atomic E-state index is 11.1. The zero-order chi connectivity index (χ0) is 9.84. The number of halogens is 1. The van der Waals surface area contributed by atoms with Crippen LogP contribution in [0, 0.1) is 0 Å². The molecule has 1 heterocycles. The van der Waals surface area contributed by atoms with E-state index < -0.39 is 0 Å². The highest BCUT2D eigenvalue weighted by Gasteiger charge is 2.16. The van der Waals surface area contributed by atoms with Crippen LogP contribution in [-0.2, 0) is 9.53 Å². The number of aromatic nitrogens is 1. The average molecular weight is 200 g/mol. The summed E-state index contributed by atoms with van der Waals surface area (Å²) in [4.78, 5) is 15.1. The van der Waals surface area contributed by atoms with E-state index in [9.17, 15) is 4.79 Å². The lowest BCUT2D eigenvalue weighted by Crippen LogP contribution is -2.11. The Bertz CT molecular complexity index is 314. The van der Waals surface area contributed by atoms with E-state index in [0.29, 0.717) is 10.7 Å². The minimum Gasteiger partial charge on any atom is -0.469 e. The summed E-state index contributed by atoms with van der Waals surface area (Å²) < 4.78 is 4.58. The maximum Gasteiger partial charge on any atom is 0.314 e. The monoisotopic (exact) mass is 199 g/mol. The molecule has 1 atom stereocenters. The van der Waals surface area contributed by atoms with Gasteiger partial charge in [0.05, 0.1) is 18.7 Å². The number of hydrogen-bond acceptors (Lipinski definition) is 3. The largest absolute Gasteiger partial charge is 0.469 e. The minimum atomic E-state index is -0.372. The van der Waals surface area contributed by atoms with Crippen LogP contribution in [0.15, 0.2) is 18.3 Å². The second kappa shape index (κ2) is 4.23. The Morgan fingerprint density at radius 1 is 1.69 bits per heavy atom. The summed E-state index contributed by atoms with van der Waals surface area (Å²) in [5.41, 5.74) is 0.624. The van der Waals surface area contributed by atoms with Gasteiger partial charge >= 0.3 is 5.97 Å². The van der Waals surface area contributed by atoms with Gasteiger partial charge in [-0.25, -0.2) is 0 Å². The molecule has 0 aliphatic heterocycles. The molecule has 0 saturated heterocycles. The molecule has 0 aromatic carbocycles. The summed E-state index contributed by atoms with van der Waals surface area (Å²) in [5, 5.41) is 0.570. The van der Waals surface area contributed by atoms with Crippen LogP contribution >= 0.6 is 11.6 Å². The Hall–Kier alpha value is -1.09. The summed E-state index contributed by atoms with van der Waals surface area (Å²) >= 11 is 5.74. The lowest BCUT2D eigenvalue weighted by atomic mass is 10.1. The van der Waals surface area contributed by atoms with Crippen molar-refractivity contribution in [2.75, 3.05) is 7.11 Å². The molecular weight excluding hydrogens is 190 g/mol. The fraction of sp³-hybridized carbons (Fsp3) is 0.333. The van der Waals surface area contributed by atoms with Gasteiger partial charge in [0.1, 0.15) is 0 Å². The summed E-state index contributed by atoms with van der Waals surface area (Å²) in [6, 6.07) is 3.32. The molecule has 1 aromatic rings. The van der Waals surface area contributed by atoms with Crippen LogP contribution < -0.4 is 0 Å².